The summed E-state index contributed by atoms with van der Waals surface area (Å²) >= 11 is 0. The maximum absolute atomic E-state index is 10.8. The van der Waals surface area contributed by atoms with Crippen LogP contribution in [-0.2, 0) is 4.79 Å². The number of carbonyl (C=O) groups is 1. The Bertz CT molecular complexity index is 201. The van der Waals surface area contributed by atoms with Gasteiger partial charge in [0.25, 0.3) is 0 Å². The van der Waals surface area contributed by atoms with E-state index >= 15 is 0 Å². The zero-order valence-corrected chi connectivity index (χ0v) is 7.83. The molecule has 2 fully saturated rings. The van der Waals surface area contributed by atoms with E-state index in [0.29, 0.717) is 5.92 Å². The lowest BCUT2D eigenvalue weighted by molar-refractivity contribution is -0.143. The third-order valence-corrected chi connectivity index (χ3v) is 3.54. The number of hydrogen-bond donors (Lipinski definition) is 2. The molecule has 0 radical (unpaired) electrons. The second-order valence-corrected chi connectivity index (χ2v) is 4.38. The molecule has 2 aliphatic rings. The van der Waals surface area contributed by atoms with Crippen LogP contribution in [0, 0.1) is 17.8 Å². The molecule has 3 heteroatoms. The van der Waals surface area contributed by atoms with Crippen LogP contribution in [0.25, 0.3) is 0 Å². The molecule has 0 unspecified atom stereocenters. The van der Waals surface area contributed by atoms with Gasteiger partial charge < -0.3 is 10.4 Å². The van der Waals surface area contributed by atoms with Crippen LogP contribution in [0.5, 0.6) is 0 Å². The van der Waals surface area contributed by atoms with Crippen molar-refractivity contribution in [3.05, 3.63) is 0 Å². The molecule has 1 saturated carbocycles. The van der Waals surface area contributed by atoms with Crippen LogP contribution in [0.1, 0.15) is 25.7 Å². The van der Waals surface area contributed by atoms with E-state index in [1.54, 1.807) is 0 Å². The zero-order valence-electron chi connectivity index (χ0n) is 7.83. The molecular formula is C10H17NO2. The minimum atomic E-state index is -0.586. The maximum Gasteiger partial charge on any atom is 0.306 e. The lowest BCUT2D eigenvalue weighted by atomic mass is 9.73. The summed E-state index contributed by atoms with van der Waals surface area (Å²) in [5, 5.41) is 12.2. The van der Waals surface area contributed by atoms with Gasteiger partial charge in [-0.25, -0.2) is 0 Å². The summed E-state index contributed by atoms with van der Waals surface area (Å²) in [6, 6.07) is 0. The highest BCUT2D eigenvalue weighted by Crippen LogP contribution is 2.35. The minimum Gasteiger partial charge on any atom is -0.481 e. The van der Waals surface area contributed by atoms with Crippen LogP contribution in [-0.4, -0.2) is 24.2 Å². The Hall–Kier alpha value is -0.570. The minimum absolute atomic E-state index is 0.0562. The Kier molecular flexibility index (Phi) is 2.54. The smallest absolute Gasteiger partial charge is 0.306 e. The second kappa shape index (κ2) is 3.66. The van der Waals surface area contributed by atoms with Crippen LogP contribution in [0.3, 0.4) is 0 Å². The van der Waals surface area contributed by atoms with Crippen LogP contribution in [0.15, 0.2) is 0 Å². The van der Waals surface area contributed by atoms with Gasteiger partial charge in [-0.1, -0.05) is 12.8 Å². The van der Waals surface area contributed by atoms with Gasteiger partial charge in [0.05, 0.1) is 5.92 Å². The van der Waals surface area contributed by atoms with Gasteiger partial charge in [-0.05, 0) is 37.8 Å². The van der Waals surface area contributed by atoms with E-state index in [0.717, 1.165) is 38.3 Å². The molecule has 1 aliphatic heterocycles. The summed E-state index contributed by atoms with van der Waals surface area (Å²) in [7, 11) is 0. The van der Waals surface area contributed by atoms with Crippen LogP contribution in [0.2, 0.25) is 0 Å². The van der Waals surface area contributed by atoms with Crippen molar-refractivity contribution in [1.29, 1.82) is 0 Å². The molecule has 1 heterocycles. The number of rotatable bonds is 2. The Morgan fingerprint density at radius 3 is 2.54 bits per heavy atom. The molecule has 1 aliphatic carbocycles. The summed E-state index contributed by atoms with van der Waals surface area (Å²) in [6.45, 7) is 2.22. The van der Waals surface area contributed by atoms with Gasteiger partial charge in [0.1, 0.15) is 0 Å². The standard InChI is InChI=1S/C10H17NO2/c12-10(13)8-3-1-2-7(4-8)9-5-11-6-9/h7-9,11H,1-6H2,(H,12,13)/t7-,8+/m1/s1. The van der Waals surface area contributed by atoms with Crippen molar-refractivity contribution in [3.63, 3.8) is 0 Å². The number of carboxylic acids is 1. The van der Waals surface area contributed by atoms with E-state index in [4.69, 9.17) is 5.11 Å². The molecule has 0 aromatic carbocycles. The second-order valence-electron chi connectivity index (χ2n) is 4.38. The van der Waals surface area contributed by atoms with Crippen LogP contribution >= 0.6 is 0 Å². The average molecular weight is 183 g/mol. The first-order chi connectivity index (χ1) is 6.27. The molecule has 0 bridgehead atoms. The third-order valence-electron chi connectivity index (χ3n) is 3.54. The Balaban J connectivity index is 1.87. The van der Waals surface area contributed by atoms with Gasteiger partial charge in [0.2, 0.25) is 0 Å². The van der Waals surface area contributed by atoms with Crippen molar-refractivity contribution in [1.82, 2.24) is 5.32 Å². The van der Waals surface area contributed by atoms with Crippen molar-refractivity contribution >= 4 is 5.97 Å². The molecule has 2 rings (SSSR count). The molecule has 0 spiro atoms. The normalized spacial score (nSPS) is 35.4. The molecule has 74 valence electrons. The summed E-state index contributed by atoms with van der Waals surface area (Å²) in [4.78, 5) is 10.8. The molecular weight excluding hydrogens is 166 g/mol. The van der Waals surface area contributed by atoms with Crippen LogP contribution in [0.4, 0.5) is 0 Å². The SMILES string of the molecule is O=C(O)[C@H]1CCC[C@@H](C2CNC2)C1. The summed E-state index contributed by atoms with van der Waals surface area (Å²) in [6.07, 6.45) is 4.17. The van der Waals surface area contributed by atoms with Crippen molar-refractivity contribution in [2.45, 2.75) is 25.7 Å². The summed E-state index contributed by atoms with van der Waals surface area (Å²) in [5.41, 5.74) is 0. The van der Waals surface area contributed by atoms with E-state index in [9.17, 15) is 4.79 Å². The topological polar surface area (TPSA) is 49.3 Å². The fourth-order valence-electron chi connectivity index (χ4n) is 2.52. The van der Waals surface area contributed by atoms with E-state index in [1.807, 2.05) is 0 Å². The molecule has 0 aromatic heterocycles. The quantitative estimate of drug-likeness (QED) is 0.674. The number of nitrogens with one attached hydrogen (secondary N) is 1. The Labute approximate surface area is 78.5 Å². The van der Waals surface area contributed by atoms with Crippen LogP contribution < -0.4 is 5.32 Å². The number of carboxylic acid groups (broad SMARTS) is 1. The predicted octanol–water partition coefficient (Wildman–Crippen LogP) is 1.10. The van der Waals surface area contributed by atoms with Gasteiger partial charge in [-0.15, -0.1) is 0 Å². The Morgan fingerprint density at radius 2 is 2.00 bits per heavy atom. The number of hydrogen-bond acceptors (Lipinski definition) is 2. The molecule has 2 atom stereocenters. The van der Waals surface area contributed by atoms with Crippen molar-refractivity contribution in [2.24, 2.45) is 17.8 Å². The molecule has 0 aromatic rings. The molecule has 1 saturated heterocycles. The first-order valence-corrected chi connectivity index (χ1v) is 5.21. The summed E-state index contributed by atoms with van der Waals surface area (Å²) in [5.74, 6) is 0.801. The van der Waals surface area contributed by atoms with E-state index in [1.165, 1.54) is 6.42 Å². The molecule has 2 N–H and O–H groups in total. The first kappa shape index (κ1) is 9.00. The van der Waals surface area contributed by atoms with E-state index in [-0.39, 0.29) is 5.92 Å². The third kappa shape index (κ3) is 1.85. The van der Waals surface area contributed by atoms with Gasteiger partial charge >= 0.3 is 5.97 Å². The largest absolute Gasteiger partial charge is 0.481 e. The zero-order chi connectivity index (χ0) is 9.26. The highest BCUT2D eigenvalue weighted by Gasteiger charge is 2.33. The van der Waals surface area contributed by atoms with Gasteiger partial charge in [0.15, 0.2) is 0 Å². The summed E-state index contributed by atoms with van der Waals surface area (Å²) < 4.78 is 0. The molecule has 3 nitrogen and oxygen atoms in total. The van der Waals surface area contributed by atoms with Gasteiger partial charge in [-0.2, -0.15) is 0 Å². The maximum atomic E-state index is 10.8. The first-order valence-electron chi connectivity index (χ1n) is 5.21. The fraction of sp³-hybridized carbons (Fsp3) is 0.900. The van der Waals surface area contributed by atoms with Gasteiger partial charge in [-0.3, -0.25) is 4.79 Å². The predicted molar refractivity (Wildman–Crippen MR) is 49.4 cm³/mol. The van der Waals surface area contributed by atoms with Gasteiger partial charge in [0, 0.05) is 0 Å². The van der Waals surface area contributed by atoms with Crippen molar-refractivity contribution in [3.8, 4) is 0 Å². The van der Waals surface area contributed by atoms with E-state index in [2.05, 4.69) is 5.32 Å². The highest BCUT2D eigenvalue weighted by atomic mass is 16.4. The molecule has 13 heavy (non-hydrogen) atoms. The Morgan fingerprint density at radius 1 is 1.23 bits per heavy atom. The lowest BCUT2D eigenvalue weighted by Gasteiger charge is -2.38. The van der Waals surface area contributed by atoms with E-state index < -0.39 is 5.97 Å². The lowest BCUT2D eigenvalue weighted by Crippen LogP contribution is -2.47. The fourth-order valence-corrected chi connectivity index (χ4v) is 2.52. The monoisotopic (exact) mass is 183 g/mol. The average Bonchev–Trinajstić information content (AvgIpc) is 2.01. The number of aliphatic carboxylic acids is 1. The van der Waals surface area contributed by atoms with Crippen molar-refractivity contribution < 1.29 is 9.90 Å². The highest BCUT2D eigenvalue weighted by molar-refractivity contribution is 5.70. The molecule has 0 amide bonds. The van der Waals surface area contributed by atoms with Crippen molar-refractivity contribution in [2.75, 3.05) is 13.1 Å².